The van der Waals surface area contributed by atoms with Gasteiger partial charge in [0.2, 0.25) is 0 Å². The van der Waals surface area contributed by atoms with Crippen molar-refractivity contribution in [3.8, 4) is 23.0 Å². The van der Waals surface area contributed by atoms with E-state index in [0.717, 1.165) is 87.5 Å². The van der Waals surface area contributed by atoms with E-state index < -0.39 is 28.3 Å². The molecule has 330 valence electrons. The summed E-state index contributed by atoms with van der Waals surface area (Å²) in [4.78, 5) is 26.0. The van der Waals surface area contributed by atoms with Gasteiger partial charge < -0.3 is 39.4 Å². The number of phenols is 2. The van der Waals surface area contributed by atoms with E-state index in [-0.39, 0.29) is 51.6 Å². The molecule has 61 heavy (non-hydrogen) atoms. The van der Waals surface area contributed by atoms with Crippen molar-refractivity contribution in [2.24, 2.45) is 28.6 Å². The number of methoxy groups -OCH3 is 1. The van der Waals surface area contributed by atoms with Gasteiger partial charge in [0.05, 0.1) is 16.6 Å². The molecule has 2 saturated heterocycles. The maximum atomic E-state index is 12.7. The number of phenolic OH excluding ortho intramolecular Hbond substituents is 2. The quantitative estimate of drug-likeness (QED) is 0.282. The van der Waals surface area contributed by atoms with E-state index in [2.05, 4.69) is 36.6 Å². The van der Waals surface area contributed by atoms with Crippen LogP contribution in [0.15, 0.2) is 24.3 Å². The smallest absolute Gasteiger partial charge is 0.174 e. The number of rotatable bonds is 6. The van der Waals surface area contributed by atoms with Crippen molar-refractivity contribution < 1.29 is 44.2 Å². The zero-order valence-electron chi connectivity index (χ0n) is 36.8. The molecule has 4 N–H and O–H groups in total. The van der Waals surface area contributed by atoms with Crippen LogP contribution in [0.1, 0.15) is 121 Å². The predicted molar refractivity (Wildman–Crippen MR) is 227 cm³/mol. The molecule has 6 bridgehead atoms. The molecule has 2 aromatic carbocycles. The molecular formula is C50H66N2O9. The highest BCUT2D eigenvalue weighted by Crippen LogP contribution is 2.78. The Balaban J connectivity index is 0.000000138. The standard InChI is InChI=1S/C29H41NO4.C20H23NO4.CH2O/c1-25(2,3)26(4,32)20-15-27-10-11-29(20,33-5)24-28(27)12-13-30(16-17-6-7-17)21(27)14-18-8-9-19(31)23(34-24)22(18)28;22-13-4-3-12-9-15-20(24)6-5-14(23)18-19(20,16(12)17(13)25-18)7-8-21(15)10-11-1-2-11;1-2/h8-9,17,20-21,24,31-32H,6-7,10-16H2,1-5H3;3-4,11,15,18,22,24H,1-2,5-10H2;1H2/t20-,21-,24-,26+,27-,28+,29+;15-,18+,19+,20-;/m11./s1. The zero-order valence-corrected chi connectivity index (χ0v) is 36.8. The Labute approximate surface area is 360 Å². The third-order valence-electron chi connectivity index (χ3n) is 19.4. The number of aliphatic hydroxyl groups is 2. The van der Waals surface area contributed by atoms with Crippen molar-refractivity contribution in [3.05, 3.63) is 46.5 Å². The Bertz CT molecular complexity index is 2180. The van der Waals surface area contributed by atoms with Gasteiger partial charge in [-0.3, -0.25) is 14.6 Å². The molecule has 8 fully saturated rings. The number of ether oxygens (including phenoxy) is 3. The van der Waals surface area contributed by atoms with Crippen LogP contribution >= 0.6 is 0 Å². The molecule has 6 saturated carbocycles. The number of hydrogen-bond donors (Lipinski definition) is 4. The van der Waals surface area contributed by atoms with Gasteiger partial charge >= 0.3 is 0 Å². The first-order valence-corrected chi connectivity index (χ1v) is 23.4. The fourth-order valence-corrected chi connectivity index (χ4v) is 15.8. The van der Waals surface area contributed by atoms with Crippen LogP contribution in [0.5, 0.6) is 23.0 Å². The molecule has 2 aromatic rings. The molecule has 4 heterocycles. The minimum absolute atomic E-state index is 0.0294. The Morgan fingerprint density at radius 3 is 1.93 bits per heavy atom. The molecule has 11 nitrogen and oxygen atoms in total. The van der Waals surface area contributed by atoms with Gasteiger partial charge in [0, 0.05) is 66.6 Å². The Morgan fingerprint density at radius 2 is 1.34 bits per heavy atom. The normalized spacial score (nSPS) is 41.5. The number of carbonyl (C=O) groups excluding carboxylic acids is 2. The van der Waals surface area contributed by atoms with Gasteiger partial charge in [-0.05, 0) is 138 Å². The molecule has 12 aliphatic rings. The van der Waals surface area contributed by atoms with Crippen molar-refractivity contribution in [1.82, 2.24) is 9.80 Å². The third kappa shape index (κ3) is 4.88. The highest BCUT2D eigenvalue weighted by molar-refractivity contribution is 5.90. The van der Waals surface area contributed by atoms with Gasteiger partial charge in [-0.2, -0.15) is 0 Å². The minimum atomic E-state index is -0.940. The van der Waals surface area contributed by atoms with Crippen LogP contribution in [-0.2, 0) is 38.0 Å². The molecule has 14 rings (SSSR count). The summed E-state index contributed by atoms with van der Waals surface area (Å²) in [6.07, 6.45) is 12.0. The van der Waals surface area contributed by atoms with Crippen molar-refractivity contribution in [2.75, 3.05) is 33.3 Å². The van der Waals surface area contributed by atoms with Gasteiger partial charge in [-0.15, -0.1) is 0 Å². The lowest BCUT2D eigenvalue weighted by molar-refractivity contribution is -0.312. The van der Waals surface area contributed by atoms with E-state index >= 15 is 0 Å². The van der Waals surface area contributed by atoms with Crippen molar-refractivity contribution in [1.29, 1.82) is 0 Å². The average molecular weight is 839 g/mol. The van der Waals surface area contributed by atoms with E-state index in [9.17, 15) is 25.2 Å². The van der Waals surface area contributed by atoms with Crippen LogP contribution in [-0.4, -0.2) is 117 Å². The molecule has 0 aromatic heterocycles. The van der Waals surface area contributed by atoms with E-state index in [1.165, 1.54) is 43.4 Å². The monoisotopic (exact) mass is 838 g/mol. The summed E-state index contributed by atoms with van der Waals surface area (Å²) < 4.78 is 19.5. The number of fused-ring (bicyclic) bond motifs is 2. The van der Waals surface area contributed by atoms with Crippen LogP contribution in [0.25, 0.3) is 0 Å². The number of hydrogen-bond acceptors (Lipinski definition) is 11. The summed E-state index contributed by atoms with van der Waals surface area (Å²) >= 11 is 0. The second kappa shape index (κ2) is 13.0. The summed E-state index contributed by atoms with van der Waals surface area (Å²) in [6, 6.07) is 8.15. The molecule has 0 unspecified atom stereocenters. The van der Waals surface area contributed by atoms with Crippen LogP contribution < -0.4 is 9.47 Å². The number of Topliss-reactive ketones (excluding diaryl/α,β-unsaturated/α-hetero) is 1. The number of likely N-dealkylation sites (tertiary alicyclic amines) is 2. The van der Waals surface area contributed by atoms with Gasteiger partial charge in [0.25, 0.3) is 0 Å². The number of benzene rings is 2. The van der Waals surface area contributed by atoms with Crippen LogP contribution in [0.2, 0.25) is 0 Å². The first-order valence-electron chi connectivity index (χ1n) is 23.4. The number of ketones is 1. The fraction of sp³-hybridized carbons (Fsp3) is 0.720. The SMILES string of the molecule is C=O.CO[C@@]12CC[C@@]3(C[C@@H]1[C@](C)(O)C(C)(C)C)[C@H]1Cc4ccc(O)c5c4[C@@]3(CCN1CC1CC1)[C@H]2O5.O=C1CC[C@@]2(O)[C@H]3Cc4ccc(O)c5c4[C@@]2(CCN3CC2CC2)[C@H]1O5. The van der Waals surface area contributed by atoms with E-state index in [1.54, 1.807) is 6.07 Å². The summed E-state index contributed by atoms with van der Waals surface area (Å²) in [6.45, 7) is 14.8. The first-order chi connectivity index (χ1) is 29.1. The summed E-state index contributed by atoms with van der Waals surface area (Å²) in [7, 11) is 1.83. The molecular weight excluding hydrogens is 773 g/mol. The maximum absolute atomic E-state index is 12.7. The summed E-state index contributed by atoms with van der Waals surface area (Å²) in [5.74, 6) is 3.19. The molecule has 0 radical (unpaired) electrons. The number of nitrogens with zero attached hydrogens (tertiary/aromatic N) is 2. The number of aromatic hydroxyl groups is 2. The zero-order chi connectivity index (χ0) is 42.9. The van der Waals surface area contributed by atoms with Gasteiger partial charge in [0.15, 0.2) is 34.9 Å². The fourth-order valence-electron chi connectivity index (χ4n) is 15.8. The van der Waals surface area contributed by atoms with Gasteiger partial charge in [0.1, 0.15) is 18.5 Å². The van der Waals surface area contributed by atoms with Crippen LogP contribution in [0.4, 0.5) is 0 Å². The largest absolute Gasteiger partial charge is 0.504 e. The number of carbonyl (C=O) groups is 2. The highest BCUT2D eigenvalue weighted by atomic mass is 16.6. The highest BCUT2D eigenvalue weighted by Gasteiger charge is 2.82. The lowest BCUT2D eigenvalue weighted by Gasteiger charge is -2.75. The molecule has 11 atom stereocenters. The van der Waals surface area contributed by atoms with Gasteiger partial charge in [-0.25, -0.2) is 0 Å². The Hall–Kier alpha value is -3.22. The molecule has 4 aliphatic heterocycles. The van der Waals surface area contributed by atoms with Crippen LogP contribution in [0, 0.1) is 28.6 Å². The molecule has 11 heteroatoms. The van der Waals surface area contributed by atoms with E-state index in [4.69, 9.17) is 19.0 Å². The lowest BCUT2D eigenvalue weighted by atomic mass is 9.33. The third-order valence-corrected chi connectivity index (χ3v) is 19.4. The van der Waals surface area contributed by atoms with Crippen LogP contribution in [0.3, 0.4) is 0 Å². The summed E-state index contributed by atoms with van der Waals surface area (Å²) in [5.41, 5.74) is 1.24. The van der Waals surface area contributed by atoms with E-state index in [1.807, 2.05) is 33.0 Å². The van der Waals surface area contributed by atoms with Crippen molar-refractivity contribution >= 4 is 12.6 Å². The molecule has 0 amide bonds. The average Bonchev–Trinajstić information content (AvgIpc) is 4.17. The Morgan fingerprint density at radius 1 is 0.787 bits per heavy atom. The topological polar surface area (TPSA) is 149 Å². The molecule has 8 aliphatic carbocycles. The number of piperidine rings is 2. The van der Waals surface area contributed by atoms with Crippen molar-refractivity contribution in [3.63, 3.8) is 0 Å². The first kappa shape index (κ1) is 40.5. The minimum Gasteiger partial charge on any atom is -0.504 e. The molecule has 3 spiro atoms. The van der Waals surface area contributed by atoms with Crippen molar-refractivity contribution in [2.45, 2.75) is 163 Å². The second-order valence-corrected chi connectivity index (χ2v) is 22.5. The Kier molecular flexibility index (Phi) is 8.61. The van der Waals surface area contributed by atoms with E-state index in [0.29, 0.717) is 30.4 Å². The van der Waals surface area contributed by atoms with Gasteiger partial charge in [-0.1, -0.05) is 32.9 Å². The lowest BCUT2D eigenvalue weighted by Crippen LogP contribution is -2.83. The second-order valence-electron chi connectivity index (χ2n) is 22.5. The maximum Gasteiger partial charge on any atom is 0.174 e. The predicted octanol–water partition coefficient (Wildman–Crippen LogP) is 5.75. The summed E-state index contributed by atoms with van der Waals surface area (Å²) in [5, 5.41) is 45.5.